The molecule has 0 aliphatic carbocycles. The highest BCUT2D eigenvalue weighted by Crippen LogP contribution is 2.24. The molecule has 31 heavy (non-hydrogen) atoms. The van der Waals surface area contributed by atoms with Crippen LogP contribution in [0.2, 0.25) is 0 Å². The van der Waals surface area contributed by atoms with Crippen LogP contribution in [-0.2, 0) is 10.0 Å². The van der Waals surface area contributed by atoms with Crippen molar-refractivity contribution in [2.45, 2.75) is 36.6 Å². The van der Waals surface area contributed by atoms with Crippen molar-refractivity contribution in [2.24, 2.45) is 0 Å². The number of carbonyl (C=O) groups excluding carboxylic acids is 1. The van der Waals surface area contributed by atoms with Crippen molar-refractivity contribution < 1.29 is 17.9 Å². The molecule has 0 spiro atoms. The number of nitrogens with one attached hydrogen (secondary N) is 1. The summed E-state index contributed by atoms with van der Waals surface area (Å²) in [5, 5.41) is 0. The number of likely N-dealkylation sites (tertiary alicyclic amines) is 2. The Hall–Kier alpha value is -2.58. The number of methoxy groups -OCH3 is 1. The van der Waals surface area contributed by atoms with E-state index < -0.39 is 10.0 Å². The van der Waals surface area contributed by atoms with Gasteiger partial charge >= 0.3 is 0 Å². The molecule has 4 rings (SSSR count). The molecule has 2 aliphatic heterocycles. The van der Waals surface area contributed by atoms with Crippen LogP contribution in [0.4, 0.5) is 5.69 Å². The van der Waals surface area contributed by atoms with Crippen LogP contribution in [0.3, 0.4) is 0 Å². The topological polar surface area (TPSA) is 78.9 Å². The lowest BCUT2D eigenvalue weighted by molar-refractivity contribution is 0.0708. The van der Waals surface area contributed by atoms with Crippen LogP contribution in [0.5, 0.6) is 5.75 Å². The molecule has 0 saturated carbocycles. The van der Waals surface area contributed by atoms with Crippen molar-refractivity contribution >= 4 is 21.6 Å². The molecule has 2 saturated heterocycles. The Morgan fingerprint density at radius 2 is 1.81 bits per heavy atom. The monoisotopic (exact) mass is 443 g/mol. The van der Waals surface area contributed by atoms with E-state index in [1.807, 2.05) is 4.90 Å². The summed E-state index contributed by atoms with van der Waals surface area (Å²) >= 11 is 0. The molecule has 2 aromatic carbocycles. The van der Waals surface area contributed by atoms with Crippen molar-refractivity contribution in [3.8, 4) is 5.75 Å². The Kier molecular flexibility index (Phi) is 6.48. The van der Waals surface area contributed by atoms with Crippen molar-refractivity contribution in [1.29, 1.82) is 0 Å². The van der Waals surface area contributed by atoms with E-state index in [2.05, 4.69) is 9.62 Å². The van der Waals surface area contributed by atoms with Crippen LogP contribution in [0, 0.1) is 0 Å². The second-order valence-corrected chi connectivity index (χ2v) is 9.85. The SMILES string of the molecule is COc1ccc(NS(=O)(=O)c2cccc(C(=O)N3CCCC3CN3CCCC3)c2)cc1. The highest BCUT2D eigenvalue weighted by molar-refractivity contribution is 7.92. The smallest absolute Gasteiger partial charge is 0.261 e. The first kappa shape index (κ1) is 21.6. The molecule has 1 amide bonds. The highest BCUT2D eigenvalue weighted by atomic mass is 32.2. The fourth-order valence-corrected chi connectivity index (χ4v) is 5.50. The number of amides is 1. The summed E-state index contributed by atoms with van der Waals surface area (Å²) in [4.78, 5) is 17.6. The average molecular weight is 444 g/mol. The van der Waals surface area contributed by atoms with Gasteiger partial charge in [-0.25, -0.2) is 8.42 Å². The number of rotatable bonds is 7. The van der Waals surface area contributed by atoms with Gasteiger partial charge in [-0.2, -0.15) is 0 Å². The van der Waals surface area contributed by atoms with Gasteiger partial charge in [0.2, 0.25) is 0 Å². The Morgan fingerprint density at radius 1 is 1.06 bits per heavy atom. The number of sulfonamides is 1. The predicted octanol–water partition coefficient (Wildman–Crippen LogP) is 3.20. The maximum atomic E-state index is 13.2. The number of nitrogens with zero attached hydrogens (tertiary/aromatic N) is 2. The second kappa shape index (κ2) is 9.28. The Bertz CT molecular complexity index is 1020. The first-order chi connectivity index (χ1) is 15.0. The lowest BCUT2D eigenvalue weighted by atomic mass is 10.1. The Labute approximate surface area is 184 Å². The molecule has 0 radical (unpaired) electrons. The van der Waals surface area contributed by atoms with Gasteiger partial charge in [0.15, 0.2) is 0 Å². The first-order valence-corrected chi connectivity index (χ1v) is 12.2. The number of hydrogen-bond donors (Lipinski definition) is 1. The standard InChI is InChI=1S/C23H29N3O4S/c1-30-21-11-9-19(10-12-21)24-31(28,29)22-8-4-6-18(16-22)23(27)26-15-5-7-20(26)17-25-13-2-3-14-25/h4,6,8-12,16,20,24H,2-3,5,7,13-15,17H2,1H3. The van der Waals surface area contributed by atoms with Crippen molar-refractivity contribution in [3.05, 3.63) is 54.1 Å². The largest absolute Gasteiger partial charge is 0.497 e. The molecule has 166 valence electrons. The molecule has 7 nitrogen and oxygen atoms in total. The lowest BCUT2D eigenvalue weighted by Crippen LogP contribution is -2.42. The molecule has 0 bridgehead atoms. The fourth-order valence-electron chi connectivity index (χ4n) is 4.39. The van der Waals surface area contributed by atoms with Crippen molar-refractivity contribution in [2.75, 3.05) is 38.0 Å². The molecule has 2 fully saturated rings. The number of benzene rings is 2. The quantitative estimate of drug-likeness (QED) is 0.711. The molecular weight excluding hydrogens is 414 g/mol. The van der Waals surface area contributed by atoms with Crippen LogP contribution >= 0.6 is 0 Å². The van der Waals surface area contributed by atoms with E-state index in [4.69, 9.17) is 4.74 Å². The zero-order valence-electron chi connectivity index (χ0n) is 17.8. The molecular formula is C23H29N3O4S. The maximum Gasteiger partial charge on any atom is 0.261 e. The van der Waals surface area contributed by atoms with Gasteiger partial charge in [0.25, 0.3) is 15.9 Å². The van der Waals surface area contributed by atoms with Crippen LogP contribution in [0.15, 0.2) is 53.4 Å². The normalized spacial score (nSPS) is 19.5. The second-order valence-electron chi connectivity index (χ2n) is 8.16. The molecule has 1 unspecified atom stereocenters. The van der Waals surface area contributed by atoms with E-state index in [0.29, 0.717) is 17.0 Å². The predicted molar refractivity (Wildman–Crippen MR) is 120 cm³/mol. The maximum absolute atomic E-state index is 13.2. The van der Waals surface area contributed by atoms with Gasteiger partial charge in [0.1, 0.15) is 5.75 Å². The van der Waals surface area contributed by atoms with E-state index in [0.717, 1.165) is 39.0 Å². The van der Waals surface area contributed by atoms with Crippen LogP contribution in [-0.4, -0.2) is 63.5 Å². The summed E-state index contributed by atoms with van der Waals surface area (Å²) in [6.07, 6.45) is 4.43. The number of hydrogen-bond acceptors (Lipinski definition) is 5. The Balaban J connectivity index is 1.49. The Morgan fingerprint density at radius 3 is 2.52 bits per heavy atom. The third-order valence-electron chi connectivity index (χ3n) is 6.04. The van der Waals surface area contributed by atoms with Crippen LogP contribution in [0.25, 0.3) is 0 Å². The minimum Gasteiger partial charge on any atom is -0.497 e. The number of carbonyl (C=O) groups is 1. The summed E-state index contributed by atoms with van der Waals surface area (Å²) < 4.78 is 33.4. The van der Waals surface area contributed by atoms with Gasteiger partial charge in [0, 0.05) is 30.4 Å². The minimum absolute atomic E-state index is 0.0736. The van der Waals surface area contributed by atoms with E-state index in [1.165, 1.54) is 25.0 Å². The summed E-state index contributed by atoms with van der Waals surface area (Å²) in [6.45, 7) is 3.83. The van der Waals surface area contributed by atoms with Crippen molar-refractivity contribution in [3.63, 3.8) is 0 Å². The molecule has 1 atom stereocenters. The van der Waals surface area contributed by atoms with Crippen LogP contribution in [0.1, 0.15) is 36.0 Å². The minimum atomic E-state index is -3.81. The summed E-state index contributed by atoms with van der Waals surface area (Å²) in [5.41, 5.74) is 0.841. The summed E-state index contributed by atoms with van der Waals surface area (Å²) in [5.74, 6) is 0.549. The summed E-state index contributed by atoms with van der Waals surface area (Å²) in [6, 6.07) is 13.1. The molecule has 0 aromatic heterocycles. The summed E-state index contributed by atoms with van der Waals surface area (Å²) in [7, 11) is -2.26. The highest BCUT2D eigenvalue weighted by Gasteiger charge is 2.31. The third kappa shape index (κ3) is 5.02. The first-order valence-electron chi connectivity index (χ1n) is 10.8. The van der Waals surface area contributed by atoms with Gasteiger partial charge in [-0.1, -0.05) is 6.07 Å². The van der Waals surface area contributed by atoms with E-state index in [1.54, 1.807) is 43.5 Å². The van der Waals surface area contributed by atoms with Gasteiger partial charge in [-0.15, -0.1) is 0 Å². The molecule has 2 heterocycles. The van der Waals surface area contributed by atoms with Gasteiger partial charge in [-0.05, 0) is 81.2 Å². The van der Waals surface area contributed by atoms with Gasteiger partial charge < -0.3 is 14.5 Å². The van der Waals surface area contributed by atoms with E-state index in [9.17, 15) is 13.2 Å². The molecule has 1 N–H and O–H groups in total. The zero-order chi connectivity index (χ0) is 21.8. The lowest BCUT2D eigenvalue weighted by Gasteiger charge is -2.28. The number of ether oxygens (including phenoxy) is 1. The van der Waals surface area contributed by atoms with Crippen LogP contribution < -0.4 is 9.46 Å². The van der Waals surface area contributed by atoms with E-state index in [-0.39, 0.29) is 16.8 Å². The third-order valence-corrected chi connectivity index (χ3v) is 7.42. The fraction of sp³-hybridized carbons (Fsp3) is 0.435. The number of anilines is 1. The van der Waals surface area contributed by atoms with E-state index >= 15 is 0 Å². The van der Waals surface area contributed by atoms with Crippen molar-refractivity contribution in [1.82, 2.24) is 9.80 Å². The van der Waals surface area contributed by atoms with Gasteiger partial charge in [-0.3, -0.25) is 9.52 Å². The van der Waals surface area contributed by atoms with Gasteiger partial charge in [0.05, 0.1) is 12.0 Å². The molecule has 2 aromatic rings. The zero-order valence-corrected chi connectivity index (χ0v) is 18.6. The molecule has 2 aliphatic rings. The average Bonchev–Trinajstić information content (AvgIpc) is 3.46. The molecule has 8 heteroatoms.